The molecule has 0 aromatic heterocycles. The molecule has 1 radical (unpaired) electrons. The minimum absolute atomic E-state index is 0.266. The third-order valence-corrected chi connectivity index (χ3v) is 3.23. The van der Waals surface area contributed by atoms with Crippen molar-refractivity contribution in [2.45, 2.75) is 63.9 Å². The lowest BCUT2D eigenvalue weighted by molar-refractivity contribution is -0.127. The molecule has 0 aromatic rings. The minimum Gasteiger partial charge on any atom is -0.360 e. The van der Waals surface area contributed by atoms with Crippen molar-refractivity contribution in [2.24, 2.45) is 0 Å². The molecular formula is C12H19O2. The Bertz CT molecular complexity index is 194. The second-order valence-corrected chi connectivity index (χ2v) is 4.43. The van der Waals surface area contributed by atoms with Crippen LogP contribution in [0, 0.1) is 6.10 Å². The fourth-order valence-corrected chi connectivity index (χ4v) is 2.36. The summed E-state index contributed by atoms with van der Waals surface area (Å²) in [5.74, 6) is 0.266. The predicted molar refractivity (Wildman–Crippen MR) is 54.7 cm³/mol. The number of Topliss-reactive ketones (excluding diaryl/α,β-unsaturated/α-hetero) is 1. The summed E-state index contributed by atoms with van der Waals surface area (Å²) >= 11 is 0. The smallest absolute Gasteiger partial charge is 0.168 e. The summed E-state index contributed by atoms with van der Waals surface area (Å²) in [6, 6.07) is 0. The second kappa shape index (κ2) is 4.92. The zero-order valence-electron chi connectivity index (χ0n) is 8.76. The van der Waals surface area contributed by atoms with E-state index in [9.17, 15) is 4.79 Å². The highest BCUT2D eigenvalue weighted by Crippen LogP contribution is 2.29. The van der Waals surface area contributed by atoms with Crippen LogP contribution >= 0.6 is 0 Å². The molecule has 0 saturated heterocycles. The Hall–Kier alpha value is -0.370. The molecule has 2 aliphatic carbocycles. The maximum Gasteiger partial charge on any atom is 0.168 e. The molecule has 2 fully saturated rings. The van der Waals surface area contributed by atoms with Gasteiger partial charge in [-0.2, -0.15) is 0 Å². The van der Waals surface area contributed by atoms with Crippen LogP contribution in [-0.4, -0.2) is 11.9 Å². The minimum atomic E-state index is 0.266. The van der Waals surface area contributed by atoms with Crippen LogP contribution in [-0.2, 0) is 9.53 Å². The van der Waals surface area contributed by atoms with Crippen LogP contribution < -0.4 is 0 Å². The monoisotopic (exact) mass is 195 g/mol. The Kier molecular flexibility index (Phi) is 3.57. The van der Waals surface area contributed by atoms with E-state index in [0.717, 1.165) is 38.2 Å². The van der Waals surface area contributed by atoms with Gasteiger partial charge in [-0.05, 0) is 32.1 Å². The first-order chi connectivity index (χ1) is 6.86. The Balaban J connectivity index is 1.79. The van der Waals surface area contributed by atoms with Crippen molar-refractivity contribution in [1.82, 2.24) is 0 Å². The first kappa shape index (κ1) is 10.2. The average molecular weight is 195 g/mol. The first-order valence-electron chi connectivity index (χ1n) is 5.92. The van der Waals surface area contributed by atoms with Crippen LogP contribution in [0.4, 0.5) is 0 Å². The van der Waals surface area contributed by atoms with Gasteiger partial charge in [-0.25, -0.2) is 0 Å². The van der Waals surface area contributed by atoms with Gasteiger partial charge in [0.2, 0.25) is 0 Å². The van der Waals surface area contributed by atoms with Crippen LogP contribution in [0.3, 0.4) is 0 Å². The molecule has 0 bridgehead atoms. The molecule has 2 aliphatic rings. The van der Waals surface area contributed by atoms with Gasteiger partial charge >= 0.3 is 0 Å². The Morgan fingerprint density at radius 1 is 0.929 bits per heavy atom. The van der Waals surface area contributed by atoms with E-state index in [1.54, 1.807) is 0 Å². The van der Waals surface area contributed by atoms with Crippen LogP contribution in [0.15, 0.2) is 0 Å². The Morgan fingerprint density at radius 2 is 1.64 bits per heavy atom. The number of hydrogen-bond donors (Lipinski definition) is 0. The Morgan fingerprint density at radius 3 is 2.36 bits per heavy atom. The van der Waals surface area contributed by atoms with Gasteiger partial charge in [-0.15, -0.1) is 0 Å². The van der Waals surface area contributed by atoms with Gasteiger partial charge in [0.15, 0.2) is 11.9 Å². The molecule has 79 valence electrons. The van der Waals surface area contributed by atoms with E-state index in [4.69, 9.17) is 4.74 Å². The summed E-state index contributed by atoms with van der Waals surface area (Å²) in [6.07, 6.45) is 11.1. The first-order valence-corrected chi connectivity index (χ1v) is 5.92. The molecule has 0 heterocycles. The number of rotatable bonds is 2. The van der Waals surface area contributed by atoms with E-state index in [1.807, 2.05) is 0 Å². The molecule has 2 saturated carbocycles. The summed E-state index contributed by atoms with van der Waals surface area (Å²) in [5, 5.41) is 0. The van der Waals surface area contributed by atoms with Gasteiger partial charge in [-0.3, -0.25) is 4.79 Å². The lowest BCUT2D eigenvalue weighted by Gasteiger charge is -2.27. The van der Waals surface area contributed by atoms with Crippen molar-refractivity contribution in [3.63, 3.8) is 0 Å². The van der Waals surface area contributed by atoms with Crippen molar-refractivity contribution in [2.75, 3.05) is 0 Å². The predicted octanol–water partition coefficient (Wildman–Crippen LogP) is 3.01. The molecule has 0 aliphatic heterocycles. The summed E-state index contributed by atoms with van der Waals surface area (Å²) in [6.45, 7) is 0. The molecule has 2 nitrogen and oxygen atoms in total. The zero-order valence-corrected chi connectivity index (χ0v) is 8.76. The van der Waals surface area contributed by atoms with Crippen molar-refractivity contribution >= 4 is 5.78 Å². The third-order valence-electron chi connectivity index (χ3n) is 3.23. The molecule has 0 spiro atoms. The highest BCUT2D eigenvalue weighted by molar-refractivity contribution is 5.90. The van der Waals surface area contributed by atoms with E-state index in [1.165, 1.54) is 19.3 Å². The maximum atomic E-state index is 11.5. The number of ether oxygens (including phenoxy) is 1. The lowest BCUT2D eigenvalue weighted by atomic mass is 9.94. The van der Waals surface area contributed by atoms with Crippen molar-refractivity contribution in [3.05, 3.63) is 6.10 Å². The van der Waals surface area contributed by atoms with Gasteiger partial charge in [0, 0.05) is 6.42 Å². The summed E-state index contributed by atoms with van der Waals surface area (Å²) in [5.41, 5.74) is 0. The number of hydrogen-bond acceptors (Lipinski definition) is 2. The van der Waals surface area contributed by atoms with Crippen LogP contribution in [0.25, 0.3) is 0 Å². The van der Waals surface area contributed by atoms with Crippen LogP contribution in [0.5, 0.6) is 0 Å². The fraction of sp³-hybridized carbons (Fsp3) is 0.833. The van der Waals surface area contributed by atoms with Gasteiger partial charge in [-0.1, -0.05) is 19.3 Å². The Labute approximate surface area is 86.0 Å². The van der Waals surface area contributed by atoms with E-state index in [2.05, 4.69) is 0 Å². The van der Waals surface area contributed by atoms with Gasteiger partial charge in [0.25, 0.3) is 0 Å². The van der Waals surface area contributed by atoms with E-state index >= 15 is 0 Å². The van der Waals surface area contributed by atoms with Crippen LogP contribution in [0.1, 0.15) is 57.8 Å². The molecule has 0 aromatic carbocycles. The van der Waals surface area contributed by atoms with E-state index in [0.29, 0.717) is 12.5 Å². The topological polar surface area (TPSA) is 26.3 Å². The highest BCUT2D eigenvalue weighted by Gasteiger charge is 2.27. The van der Waals surface area contributed by atoms with Crippen LogP contribution in [0.2, 0.25) is 0 Å². The quantitative estimate of drug-likeness (QED) is 0.677. The molecule has 2 heteroatoms. The largest absolute Gasteiger partial charge is 0.360 e. The molecule has 2 rings (SSSR count). The second-order valence-electron chi connectivity index (χ2n) is 4.43. The molecule has 0 unspecified atom stereocenters. The summed E-state index contributed by atoms with van der Waals surface area (Å²) < 4.78 is 5.81. The van der Waals surface area contributed by atoms with Crippen molar-refractivity contribution < 1.29 is 9.53 Å². The molecule has 0 N–H and O–H groups in total. The van der Waals surface area contributed by atoms with E-state index in [-0.39, 0.29) is 5.78 Å². The standard InChI is InChI=1S/C12H19O2/c13-11-8-4-5-9-12(11)14-10-6-2-1-3-7-10/h10H,1-9H2. The number of carbonyl (C=O) groups is 1. The van der Waals surface area contributed by atoms with Crippen molar-refractivity contribution in [1.29, 1.82) is 0 Å². The van der Waals surface area contributed by atoms with Crippen molar-refractivity contribution in [3.8, 4) is 0 Å². The SMILES string of the molecule is O=C1CCCC[C]1OC1CCCCC1. The maximum absolute atomic E-state index is 11.5. The zero-order chi connectivity index (χ0) is 9.80. The third kappa shape index (κ3) is 2.57. The summed E-state index contributed by atoms with van der Waals surface area (Å²) in [7, 11) is 0. The highest BCUT2D eigenvalue weighted by atomic mass is 16.5. The lowest BCUT2D eigenvalue weighted by Crippen LogP contribution is -2.26. The molecule has 0 atom stereocenters. The summed E-state index contributed by atoms with van der Waals surface area (Å²) in [4.78, 5) is 11.5. The van der Waals surface area contributed by atoms with Gasteiger partial charge < -0.3 is 4.74 Å². The number of ketones is 1. The molecule has 14 heavy (non-hydrogen) atoms. The normalized spacial score (nSPS) is 26.7. The van der Waals surface area contributed by atoms with Gasteiger partial charge in [0.1, 0.15) is 0 Å². The number of carbonyl (C=O) groups excluding carboxylic acids is 1. The molecule has 0 amide bonds. The van der Waals surface area contributed by atoms with E-state index < -0.39 is 0 Å². The fourth-order valence-electron chi connectivity index (χ4n) is 2.36. The molecular weight excluding hydrogens is 176 g/mol. The average Bonchev–Trinajstić information content (AvgIpc) is 2.23. The van der Waals surface area contributed by atoms with Gasteiger partial charge in [0.05, 0.1) is 6.10 Å².